The lowest BCUT2D eigenvalue weighted by Gasteiger charge is -2.28. The summed E-state index contributed by atoms with van der Waals surface area (Å²) in [5.41, 5.74) is 5.82. The average Bonchev–Trinajstić information content (AvgIpc) is 2.27. The van der Waals surface area contributed by atoms with Gasteiger partial charge in [-0.3, -0.25) is 9.59 Å². The van der Waals surface area contributed by atoms with Gasteiger partial charge in [0.1, 0.15) is 0 Å². The van der Waals surface area contributed by atoms with Crippen LogP contribution in [0.2, 0.25) is 0 Å². The van der Waals surface area contributed by atoms with E-state index in [9.17, 15) is 9.59 Å². The van der Waals surface area contributed by atoms with E-state index in [-0.39, 0.29) is 36.4 Å². The van der Waals surface area contributed by atoms with Crippen molar-refractivity contribution >= 4 is 11.8 Å². The average molecular weight is 255 g/mol. The quantitative estimate of drug-likeness (QED) is 0.767. The Morgan fingerprint density at radius 3 is 2.33 bits per heavy atom. The summed E-state index contributed by atoms with van der Waals surface area (Å²) in [6.45, 7) is 3.95. The van der Waals surface area contributed by atoms with E-state index < -0.39 is 0 Å². The monoisotopic (exact) mass is 255 g/mol. The van der Waals surface area contributed by atoms with Gasteiger partial charge in [0.05, 0.1) is 6.54 Å². The predicted molar refractivity (Wildman–Crippen MR) is 70.8 cm³/mol. The molecule has 0 unspecified atom stereocenters. The van der Waals surface area contributed by atoms with Crippen molar-refractivity contribution in [1.82, 2.24) is 10.2 Å². The van der Waals surface area contributed by atoms with E-state index in [0.717, 1.165) is 25.7 Å². The van der Waals surface area contributed by atoms with E-state index in [4.69, 9.17) is 5.73 Å². The number of hydrogen-bond donors (Lipinski definition) is 2. The molecule has 1 saturated carbocycles. The van der Waals surface area contributed by atoms with E-state index in [2.05, 4.69) is 5.32 Å². The van der Waals surface area contributed by atoms with Gasteiger partial charge in [0.15, 0.2) is 0 Å². The zero-order valence-corrected chi connectivity index (χ0v) is 11.6. The molecule has 0 aromatic heterocycles. The SMILES string of the molecule is CC(C)NC(=O)CN(C)C(=O)C1CCC(N)CC1. The molecule has 1 fully saturated rings. The van der Waals surface area contributed by atoms with Crippen LogP contribution in [-0.2, 0) is 9.59 Å². The van der Waals surface area contributed by atoms with Crippen LogP contribution in [0.15, 0.2) is 0 Å². The van der Waals surface area contributed by atoms with Crippen molar-refractivity contribution in [1.29, 1.82) is 0 Å². The largest absolute Gasteiger partial charge is 0.352 e. The number of likely N-dealkylation sites (N-methyl/N-ethyl adjacent to an activating group) is 1. The second kappa shape index (κ2) is 6.73. The first-order valence-corrected chi connectivity index (χ1v) is 6.70. The fourth-order valence-electron chi connectivity index (χ4n) is 2.34. The number of carbonyl (C=O) groups is 2. The molecule has 0 aromatic carbocycles. The second-order valence-corrected chi connectivity index (χ2v) is 5.53. The Kier molecular flexibility index (Phi) is 5.59. The molecule has 0 bridgehead atoms. The van der Waals surface area contributed by atoms with Gasteiger partial charge < -0.3 is 16.0 Å². The summed E-state index contributed by atoms with van der Waals surface area (Å²) in [4.78, 5) is 25.2. The van der Waals surface area contributed by atoms with Crippen LogP contribution in [0, 0.1) is 5.92 Å². The number of nitrogens with one attached hydrogen (secondary N) is 1. The topological polar surface area (TPSA) is 75.4 Å². The van der Waals surface area contributed by atoms with Crippen molar-refractivity contribution in [2.24, 2.45) is 11.7 Å². The Hall–Kier alpha value is -1.10. The fourth-order valence-corrected chi connectivity index (χ4v) is 2.34. The third-order valence-corrected chi connectivity index (χ3v) is 3.33. The standard InChI is InChI=1S/C13H25N3O2/c1-9(2)15-12(17)8-16(3)13(18)10-4-6-11(14)7-5-10/h9-11H,4-8,14H2,1-3H3,(H,15,17). The number of rotatable bonds is 4. The summed E-state index contributed by atoms with van der Waals surface area (Å²) in [5.74, 6) is 0.0100. The number of hydrogen-bond acceptors (Lipinski definition) is 3. The maximum atomic E-state index is 12.1. The van der Waals surface area contributed by atoms with Gasteiger partial charge in [0.2, 0.25) is 11.8 Å². The number of nitrogens with two attached hydrogens (primary N) is 1. The highest BCUT2D eigenvalue weighted by Crippen LogP contribution is 2.24. The number of amides is 2. The summed E-state index contributed by atoms with van der Waals surface area (Å²) in [7, 11) is 1.69. The van der Waals surface area contributed by atoms with Crippen LogP contribution in [0.25, 0.3) is 0 Å². The zero-order chi connectivity index (χ0) is 13.7. The first-order chi connectivity index (χ1) is 8.40. The molecule has 18 heavy (non-hydrogen) atoms. The van der Waals surface area contributed by atoms with Gasteiger partial charge >= 0.3 is 0 Å². The van der Waals surface area contributed by atoms with Gasteiger partial charge in [0.25, 0.3) is 0 Å². The van der Waals surface area contributed by atoms with E-state index in [1.165, 1.54) is 4.90 Å². The van der Waals surface area contributed by atoms with Crippen LogP contribution in [0.5, 0.6) is 0 Å². The minimum atomic E-state index is -0.103. The molecule has 1 aliphatic rings. The molecule has 0 heterocycles. The van der Waals surface area contributed by atoms with Crippen molar-refractivity contribution in [2.75, 3.05) is 13.6 Å². The van der Waals surface area contributed by atoms with Gasteiger partial charge in [0, 0.05) is 25.0 Å². The zero-order valence-electron chi connectivity index (χ0n) is 11.6. The molecule has 1 aliphatic carbocycles. The first-order valence-electron chi connectivity index (χ1n) is 6.70. The third-order valence-electron chi connectivity index (χ3n) is 3.33. The van der Waals surface area contributed by atoms with Crippen LogP contribution in [0.4, 0.5) is 0 Å². The summed E-state index contributed by atoms with van der Waals surface area (Å²) < 4.78 is 0. The van der Waals surface area contributed by atoms with Crippen LogP contribution in [0.1, 0.15) is 39.5 Å². The minimum absolute atomic E-state index is 0.0432. The number of carbonyl (C=O) groups excluding carboxylic acids is 2. The molecule has 2 amide bonds. The smallest absolute Gasteiger partial charge is 0.239 e. The van der Waals surface area contributed by atoms with E-state index in [1.807, 2.05) is 13.8 Å². The van der Waals surface area contributed by atoms with E-state index in [0.29, 0.717) is 0 Å². The van der Waals surface area contributed by atoms with Crippen LogP contribution < -0.4 is 11.1 Å². The Balaban J connectivity index is 2.39. The van der Waals surface area contributed by atoms with Crippen LogP contribution >= 0.6 is 0 Å². The normalized spacial score (nSPS) is 23.8. The Morgan fingerprint density at radius 1 is 1.28 bits per heavy atom. The molecular formula is C13H25N3O2. The molecule has 0 saturated heterocycles. The molecule has 0 spiro atoms. The molecule has 0 atom stereocenters. The highest BCUT2D eigenvalue weighted by Gasteiger charge is 2.27. The van der Waals surface area contributed by atoms with Crippen molar-refractivity contribution in [3.63, 3.8) is 0 Å². The van der Waals surface area contributed by atoms with Crippen LogP contribution in [0.3, 0.4) is 0 Å². The Morgan fingerprint density at radius 2 is 1.83 bits per heavy atom. The maximum Gasteiger partial charge on any atom is 0.239 e. The van der Waals surface area contributed by atoms with E-state index in [1.54, 1.807) is 7.05 Å². The van der Waals surface area contributed by atoms with Gasteiger partial charge in [-0.2, -0.15) is 0 Å². The molecular weight excluding hydrogens is 230 g/mol. The van der Waals surface area contributed by atoms with Gasteiger partial charge in [-0.05, 0) is 39.5 Å². The van der Waals surface area contributed by atoms with E-state index >= 15 is 0 Å². The molecule has 1 rings (SSSR count). The lowest BCUT2D eigenvalue weighted by Crippen LogP contribution is -2.44. The molecule has 5 heteroatoms. The maximum absolute atomic E-state index is 12.1. The minimum Gasteiger partial charge on any atom is -0.352 e. The molecule has 0 aliphatic heterocycles. The van der Waals surface area contributed by atoms with Crippen molar-refractivity contribution in [3.8, 4) is 0 Å². The summed E-state index contributed by atoms with van der Waals surface area (Å²) in [6, 6.07) is 0.345. The van der Waals surface area contributed by atoms with Crippen molar-refractivity contribution in [2.45, 2.75) is 51.6 Å². The lowest BCUT2D eigenvalue weighted by molar-refractivity contribution is -0.139. The Bertz CT molecular complexity index is 297. The van der Waals surface area contributed by atoms with Crippen molar-refractivity contribution < 1.29 is 9.59 Å². The highest BCUT2D eigenvalue weighted by molar-refractivity contribution is 5.85. The summed E-state index contributed by atoms with van der Waals surface area (Å²) in [6.07, 6.45) is 3.50. The fraction of sp³-hybridized carbons (Fsp3) is 0.846. The molecule has 3 N–H and O–H groups in total. The van der Waals surface area contributed by atoms with Gasteiger partial charge in [-0.1, -0.05) is 0 Å². The van der Waals surface area contributed by atoms with Gasteiger partial charge in [-0.15, -0.1) is 0 Å². The lowest BCUT2D eigenvalue weighted by atomic mass is 9.85. The molecule has 104 valence electrons. The predicted octanol–water partition coefficient (Wildman–Crippen LogP) is 0.487. The van der Waals surface area contributed by atoms with Gasteiger partial charge in [-0.25, -0.2) is 0 Å². The molecule has 5 nitrogen and oxygen atoms in total. The Labute approximate surface area is 109 Å². The highest BCUT2D eigenvalue weighted by atomic mass is 16.2. The van der Waals surface area contributed by atoms with Crippen LogP contribution in [-0.4, -0.2) is 42.4 Å². The first kappa shape index (κ1) is 15.0. The third kappa shape index (κ3) is 4.64. The second-order valence-electron chi connectivity index (χ2n) is 5.53. The summed E-state index contributed by atoms with van der Waals surface area (Å²) >= 11 is 0. The molecule has 0 aromatic rings. The summed E-state index contributed by atoms with van der Waals surface area (Å²) in [5, 5.41) is 2.79. The molecule has 0 radical (unpaired) electrons. The number of nitrogens with zero attached hydrogens (tertiary/aromatic N) is 1. The van der Waals surface area contributed by atoms with Crippen molar-refractivity contribution in [3.05, 3.63) is 0 Å².